The Morgan fingerprint density at radius 3 is 2.74 bits per heavy atom. The number of carbonyl (C=O) groups is 1. The highest BCUT2D eigenvalue weighted by molar-refractivity contribution is 8.14. The van der Waals surface area contributed by atoms with Crippen molar-refractivity contribution in [3.63, 3.8) is 0 Å². The second-order valence-corrected chi connectivity index (χ2v) is 6.99. The number of hydrogen-bond acceptors (Lipinski definition) is 5. The van der Waals surface area contributed by atoms with Crippen molar-refractivity contribution in [3.05, 3.63) is 89.5 Å². The van der Waals surface area contributed by atoms with Crippen molar-refractivity contribution in [1.29, 1.82) is 0 Å². The highest BCUT2D eigenvalue weighted by Crippen LogP contribution is 2.21. The zero-order chi connectivity index (χ0) is 18.6. The van der Waals surface area contributed by atoms with Gasteiger partial charge in [0.2, 0.25) is 0 Å². The summed E-state index contributed by atoms with van der Waals surface area (Å²) >= 11 is 1.43. The van der Waals surface area contributed by atoms with Gasteiger partial charge in [-0.05, 0) is 17.7 Å². The molecule has 0 saturated heterocycles. The number of amidine groups is 1. The second-order valence-electron chi connectivity index (χ2n) is 5.98. The van der Waals surface area contributed by atoms with Gasteiger partial charge in [-0.25, -0.2) is 5.01 Å². The first-order valence-electron chi connectivity index (χ1n) is 8.59. The number of fused-ring (bicyclic) bond motifs is 2. The number of rotatable bonds is 4. The van der Waals surface area contributed by atoms with Crippen molar-refractivity contribution in [2.75, 3.05) is 5.75 Å². The topological polar surface area (TPSA) is 57.1 Å². The summed E-state index contributed by atoms with van der Waals surface area (Å²) in [4.78, 5) is 17.6. The maximum Gasteiger partial charge on any atom is 0.276 e. The molecular formula is C21H18N4OS. The fourth-order valence-electron chi connectivity index (χ4n) is 2.94. The normalized spacial score (nSPS) is 18.3. The summed E-state index contributed by atoms with van der Waals surface area (Å²) in [7, 11) is 0. The van der Waals surface area contributed by atoms with Gasteiger partial charge < -0.3 is 0 Å². The van der Waals surface area contributed by atoms with Crippen molar-refractivity contribution in [2.45, 2.75) is 6.17 Å². The Labute approximate surface area is 161 Å². The maximum absolute atomic E-state index is 12.8. The van der Waals surface area contributed by atoms with Gasteiger partial charge in [0.1, 0.15) is 5.70 Å². The predicted octanol–water partition coefficient (Wildman–Crippen LogP) is 2.09. The number of thioether (sulfide) groups is 1. The molecule has 1 amide bonds. The summed E-state index contributed by atoms with van der Waals surface area (Å²) in [5.74, 6) is 0.498. The molecule has 0 bridgehead atoms. The molecular weight excluding hydrogens is 356 g/mol. The van der Waals surface area contributed by atoms with Gasteiger partial charge in [0.15, 0.2) is 11.3 Å². The number of benzene rings is 2. The van der Waals surface area contributed by atoms with Gasteiger partial charge in [0.05, 0.1) is 5.36 Å². The SMILES string of the molecule is C=CCSC1=NN2C(=c3ccccc3=NC2/C=C/c2ccccc2)C(=O)N1. The first-order valence-corrected chi connectivity index (χ1v) is 9.58. The molecule has 5 nitrogen and oxygen atoms in total. The van der Waals surface area contributed by atoms with Gasteiger partial charge in [0.25, 0.3) is 5.91 Å². The average molecular weight is 374 g/mol. The molecule has 27 heavy (non-hydrogen) atoms. The molecule has 2 aromatic carbocycles. The van der Waals surface area contributed by atoms with Gasteiger partial charge in [-0.1, -0.05) is 72.4 Å². The number of hydrogen-bond donors (Lipinski definition) is 1. The van der Waals surface area contributed by atoms with Crippen LogP contribution in [0.5, 0.6) is 0 Å². The lowest BCUT2D eigenvalue weighted by atomic mass is 10.1. The van der Waals surface area contributed by atoms with Crippen LogP contribution in [0.1, 0.15) is 5.56 Å². The Bertz CT molecular complexity index is 1060. The lowest BCUT2D eigenvalue weighted by Crippen LogP contribution is -2.52. The molecule has 6 heteroatoms. The van der Waals surface area contributed by atoms with E-state index in [-0.39, 0.29) is 12.1 Å². The predicted molar refractivity (Wildman–Crippen MR) is 110 cm³/mol. The van der Waals surface area contributed by atoms with E-state index in [4.69, 9.17) is 4.99 Å². The van der Waals surface area contributed by atoms with Crippen molar-refractivity contribution in [3.8, 4) is 0 Å². The number of amides is 1. The van der Waals surface area contributed by atoms with E-state index >= 15 is 0 Å². The number of carbonyl (C=O) groups excluding carboxylic acids is 1. The van der Waals surface area contributed by atoms with Gasteiger partial charge in [-0.15, -0.1) is 11.7 Å². The van der Waals surface area contributed by atoms with E-state index < -0.39 is 0 Å². The minimum atomic E-state index is -0.388. The number of nitrogens with zero attached hydrogens (tertiary/aromatic N) is 3. The summed E-state index contributed by atoms with van der Waals surface area (Å²) in [5.41, 5.74) is 1.59. The lowest BCUT2D eigenvalue weighted by Gasteiger charge is -2.32. The Balaban J connectivity index is 1.79. The molecule has 1 unspecified atom stereocenters. The molecule has 0 spiro atoms. The van der Waals surface area contributed by atoms with Crippen LogP contribution in [0.2, 0.25) is 0 Å². The first kappa shape index (κ1) is 17.3. The maximum atomic E-state index is 12.8. The Kier molecular flexibility index (Phi) is 4.89. The molecule has 4 rings (SSSR count). The highest BCUT2D eigenvalue weighted by atomic mass is 32.2. The lowest BCUT2D eigenvalue weighted by molar-refractivity contribution is -0.116. The van der Waals surface area contributed by atoms with E-state index in [1.807, 2.05) is 66.7 Å². The van der Waals surface area contributed by atoms with Crippen LogP contribution in [0, 0.1) is 0 Å². The first-order chi connectivity index (χ1) is 13.3. The molecule has 134 valence electrons. The van der Waals surface area contributed by atoms with Crippen LogP contribution in [0.3, 0.4) is 0 Å². The highest BCUT2D eigenvalue weighted by Gasteiger charge is 2.32. The van der Waals surface area contributed by atoms with Crippen LogP contribution < -0.4 is 15.9 Å². The zero-order valence-electron chi connectivity index (χ0n) is 14.6. The van der Waals surface area contributed by atoms with E-state index in [9.17, 15) is 4.79 Å². The van der Waals surface area contributed by atoms with E-state index in [2.05, 4.69) is 17.0 Å². The Hall–Kier alpha value is -3.12. The summed E-state index contributed by atoms with van der Waals surface area (Å²) in [6.45, 7) is 3.72. The number of nitrogens with one attached hydrogen (secondary N) is 1. The van der Waals surface area contributed by atoms with Gasteiger partial charge in [-0.2, -0.15) is 0 Å². The monoisotopic (exact) mass is 374 g/mol. The Morgan fingerprint density at radius 2 is 1.93 bits per heavy atom. The minimum Gasteiger partial charge on any atom is -0.298 e. The van der Waals surface area contributed by atoms with Gasteiger partial charge in [0, 0.05) is 11.0 Å². The number of hydrazone groups is 1. The third kappa shape index (κ3) is 3.57. The van der Waals surface area contributed by atoms with E-state index in [0.717, 1.165) is 16.1 Å². The van der Waals surface area contributed by atoms with Gasteiger partial charge in [-0.3, -0.25) is 15.1 Å². The zero-order valence-corrected chi connectivity index (χ0v) is 15.4. The molecule has 1 N–H and O–H groups in total. The van der Waals surface area contributed by atoms with E-state index in [1.54, 1.807) is 11.1 Å². The summed E-state index contributed by atoms with van der Waals surface area (Å²) in [6.07, 6.45) is 5.35. The molecule has 0 aromatic heterocycles. The quantitative estimate of drug-likeness (QED) is 0.834. The smallest absolute Gasteiger partial charge is 0.276 e. The van der Waals surface area contributed by atoms with Crippen molar-refractivity contribution in [1.82, 2.24) is 10.3 Å². The molecule has 2 aromatic rings. The van der Waals surface area contributed by atoms with Crippen molar-refractivity contribution in [2.24, 2.45) is 10.1 Å². The van der Waals surface area contributed by atoms with Gasteiger partial charge >= 0.3 is 0 Å². The summed E-state index contributed by atoms with van der Waals surface area (Å²) < 4.78 is 0. The van der Waals surface area contributed by atoms with Crippen molar-refractivity contribution < 1.29 is 4.79 Å². The molecule has 0 saturated carbocycles. The Morgan fingerprint density at radius 1 is 1.15 bits per heavy atom. The van der Waals surface area contributed by atoms with Crippen LogP contribution in [0.15, 0.2) is 83.4 Å². The standard InChI is InChI=1S/C21H18N4OS/c1-2-14-27-21-23-20(26)19-16-10-6-7-11-17(16)22-18(25(19)24-21)13-12-15-8-4-3-5-9-15/h2-13,18H,1,14H2,(H,23,24,26)/b13-12+. The number of para-hydroxylation sites is 1. The molecule has 2 aliphatic heterocycles. The summed E-state index contributed by atoms with van der Waals surface area (Å²) in [5, 5.41) is 11.3. The third-order valence-corrected chi connectivity index (χ3v) is 5.00. The second kappa shape index (κ2) is 7.63. The van der Waals surface area contributed by atoms with Crippen LogP contribution in [0.25, 0.3) is 11.8 Å². The van der Waals surface area contributed by atoms with Crippen LogP contribution in [-0.2, 0) is 4.79 Å². The fraction of sp³-hybridized carbons (Fsp3) is 0.0952. The molecule has 1 atom stereocenters. The molecule has 0 aliphatic carbocycles. The van der Waals surface area contributed by atoms with Crippen LogP contribution >= 0.6 is 11.8 Å². The van der Waals surface area contributed by atoms with Crippen LogP contribution in [-0.4, -0.2) is 28.0 Å². The van der Waals surface area contributed by atoms with E-state index in [1.165, 1.54) is 11.8 Å². The fourth-order valence-corrected chi connectivity index (χ4v) is 3.53. The minimum absolute atomic E-state index is 0.169. The summed E-state index contributed by atoms with van der Waals surface area (Å²) in [6, 6.07) is 17.6. The molecule has 2 aliphatic rings. The molecule has 0 fully saturated rings. The average Bonchev–Trinajstić information content (AvgIpc) is 2.71. The molecule has 2 heterocycles. The third-order valence-electron chi connectivity index (χ3n) is 4.14. The largest absolute Gasteiger partial charge is 0.298 e. The van der Waals surface area contributed by atoms with E-state index in [0.29, 0.717) is 16.6 Å². The van der Waals surface area contributed by atoms with Crippen LogP contribution in [0.4, 0.5) is 0 Å². The molecule has 0 radical (unpaired) electrons. The van der Waals surface area contributed by atoms with Crippen molar-refractivity contribution >= 4 is 34.6 Å².